The molecule has 0 amide bonds. The summed E-state index contributed by atoms with van der Waals surface area (Å²) < 4.78 is 11.2. The van der Waals surface area contributed by atoms with Gasteiger partial charge in [-0.05, 0) is 74.0 Å². The Morgan fingerprint density at radius 1 is 1.04 bits per heavy atom. The fraction of sp³-hybridized carbons (Fsp3) is 0.750. The number of aliphatic hydroxyl groups is 2. The minimum absolute atomic E-state index is 0.134. The van der Waals surface area contributed by atoms with Crippen LogP contribution in [-0.4, -0.2) is 30.0 Å². The topological polar surface area (TPSA) is 58.9 Å². The van der Waals surface area contributed by atoms with Crippen molar-refractivity contribution in [2.75, 3.05) is 14.2 Å². The predicted molar refractivity (Wildman–Crippen MR) is 112 cm³/mol. The third-order valence-corrected chi connectivity index (χ3v) is 7.88. The third-order valence-electron chi connectivity index (χ3n) is 7.88. The zero-order valence-corrected chi connectivity index (χ0v) is 18.6. The molecular weight excluding hydrogens is 352 g/mol. The lowest BCUT2D eigenvalue weighted by atomic mass is 9.44. The van der Waals surface area contributed by atoms with E-state index in [1.54, 1.807) is 14.2 Å². The minimum atomic E-state index is -0.930. The Labute approximate surface area is 170 Å². The molecule has 158 valence electrons. The number of hydrogen-bond acceptors (Lipinski definition) is 4. The fourth-order valence-corrected chi connectivity index (χ4v) is 6.80. The van der Waals surface area contributed by atoms with E-state index in [9.17, 15) is 10.2 Å². The molecule has 1 aromatic rings. The highest BCUT2D eigenvalue weighted by molar-refractivity contribution is 5.50. The number of aliphatic hydroxyl groups excluding tert-OH is 1. The largest absolute Gasteiger partial charge is 0.493 e. The second-order valence-electron chi connectivity index (χ2n) is 10.3. The molecule has 0 aliphatic heterocycles. The SMILES string of the molecule is COc1cc(C)cc(C(O)[C@@H]2[C@@]3(C)CCCC(C)(C)C3CC[C@@]2(C)O)c1OC. The van der Waals surface area contributed by atoms with Gasteiger partial charge in [-0.1, -0.05) is 27.2 Å². The number of fused-ring (bicyclic) bond motifs is 1. The van der Waals surface area contributed by atoms with Gasteiger partial charge >= 0.3 is 0 Å². The second-order valence-corrected chi connectivity index (χ2v) is 10.3. The van der Waals surface area contributed by atoms with Crippen molar-refractivity contribution >= 4 is 0 Å². The van der Waals surface area contributed by atoms with Crippen LogP contribution >= 0.6 is 0 Å². The molecule has 3 rings (SSSR count). The van der Waals surface area contributed by atoms with Gasteiger partial charge < -0.3 is 19.7 Å². The van der Waals surface area contributed by atoms with E-state index in [2.05, 4.69) is 20.8 Å². The van der Waals surface area contributed by atoms with Crippen LogP contribution in [0.15, 0.2) is 12.1 Å². The van der Waals surface area contributed by atoms with Crippen LogP contribution in [0.3, 0.4) is 0 Å². The molecular formula is C24H38O4. The zero-order valence-electron chi connectivity index (χ0n) is 18.6. The van der Waals surface area contributed by atoms with Crippen molar-refractivity contribution in [3.63, 3.8) is 0 Å². The average molecular weight is 391 g/mol. The maximum absolute atomic E-state index is 11.7. The molecule has 2 fully saturated rings. The predicted octanol–water partition coefficient (Wildman–Crippen LogP) is 5.04. The van der Waals surface area contributed by atoms with Gasteiger partial charge in [0, 0.05) is 11.5 Å². The second kappa shape index (κ2) is 7.21. The van der Waals surface area contributed by atoms with E-state index in [1.807, 2.05) is 26.0 Å². The van der Waals surface area contributed by atoms with Gasteiger partial charge in [0.15, 0.2) is 11.5 Å². The van der Waals surface area contributed by atoms with Gasteiger partial charge in [0.2, 0.25) is 0 Å². The maximum atomic E-state index is 11.7. The molecule has 2 unspecified atom stereocenters. The molecule has 0 saturated heterocycles. The van der Waals surface area contributed by atoms with Crippen molar-refractivity contribution in [1.82, 2.24) is 0 Å². The van der Waals surface area contributed by atoms with Crippen molar-refractivity contribution in [1.29, 1.82) is 0 Å². The lowest BCUT2D eigenvalue weighted by Crippen LogP contribution is -2.59. The lowest BCUT2D eigenvalue weighted by Gasteiger charge is -2.62. The zero-order chi connectivity index (χ0) is 20.9. The van der Waals surface area contributed by atoms with Gasteiger partial charge in [0.1, 0.15) is 0 Å². The number of aryl methyl sites for hydroxylation is 1. The van der Waals surface area contributed by atoms with E-state index in [-0.39, 0.29) is 16.7 Å². The van der Waals surface area contributed by atoms with E-state index >= 15 is 0 Å². The Kier molecular flexibility index (Phi) is 5.52. The summed E-state index contributed by atoms with van der Waals surface area (Å²) in [5, 5.41) is 23.2. The Morgan fingerprint density at radius 2 is 1.71 bits per heavy atom. The highest BCUT2D eigenvalue weighted by Crippen LogP contribution is 2.64. The number of hydrogen-bond donors (Lipinski definition) is 2. The number of ether oxygens (including phenoxy) is 2. The molecule has 0 spiro atoms. The Morgan fingerprint density at radius 3 is 2.32 bits per heavy atom. The quantitative estimate of drug-likeness (QED) is 0.756. The normalized spacial score (nSPS) is 35.8. The summed E-state index contributed by atoms with van der Waals surface area (Å²) in [6.07, 6.45) is 4.27. The van der Waals surface area contributed by atoms with Crippen LogP contribution in [0.2, 0.25) is 0 Å². The van der Waals surface area contributed by atoms with Crippen molar-refractivity contribution in [2.45, 2.75) is 78.4 Å². The lowest BCUT2D eigenvalue weighted by molar-refractivity contribution is -0.201. The van der Waals surface area contributed by atoms with Crippen LogP contribution < -0.4 is 9.47 Å². The molecule has 0 heterocycles. The maximum Gasteiger partial charge on any atom is 0.166 e. The van der Waals surface area contributed by atoms with Gasteiger partial charge in [0.05, 0.1) is 25.9 Å². The monoisotopic (exact) mass is 390 g/mol. The Balaban J connectivity index is 2.13. The Hall–Kier alpha value is -1.26. The van der Waals surface area contributed by atoms with E-state index < -0.39 is 11.7 Å². The van der Waals surface area contributed by atoms with Gasteiger partial charge in [0.25, 0.3) is 0 Å². The van der Waals surface area contributed by atoms with Gasteiger partial charge in [-0.25, -0.2) is 0 Å². The summed E-state index contributed by atoms with van der Waals surface area (Å²) >= 11 is 0. The summed E-state index contributed by atoms with van der Waals surface area (Å²) in [6, 6.07) is 3.89. The van der Waals surface area contributed by atoms with Crippen molar-refractivity contribution in [3.05, 3.63) is 23.3 Å². The van der Waals surface area contributed by atoms with Crippen LogP contribution in [0.25, 0.3) is 0 Å². The van der Waals surface area contributed by atoms with Crippen LogP contribution in [-0.2, 0) is 0 Å². The molecule has 2 aliphatic carbocycles. The first kappa shape index (κ1) is 21.4. The first-order chi connectivity index (χ1) is 13.0. The molecule has 0 bridgehead atoms. The van der Waals surface area contributed by atoms with Gasteiger partial charge in [-0.3, -0.25) is 0 Å². The third kappa shape index (κ3) is 3.33. The fourth-order valence-electron chi connectivity index (χ4n) is 6.80. The Bertz CT molecular complexity index is 724. The summed E-state index contributed by atoms with van der Waals surface area (Å²) in [6.45, 7) is 10.9. The number of rotatable bonds is 4. The van der Waals surface area contributed by atoms with Crippen molar-refractivity contribution < 1.29 is 19.7 Å². The summed E-state index contributed by atoms with van der Waals surface area (Å²) in [4.78, 5) is 0. The minimum Gasteiger partial charge on any atom is -0.493 e. The van der Waals surface area contributed by atoms with E-state index in [0.717, 1.165) is 30.4 Å². The molecule has 28 heavy (non-hydrogen) atoms. The number of methoxy groups -OCH3 is 2. The van der Waals surface area contributed by atoms with Crippen LogP contribution in [0.1, 0.15) is 77.0 Å². The van der Waals surface area contributed by atoms with E-state index in [4.69, 9.17) is 9.47 Å². The van der Waals surface area contributed by atoms with Gasteiger partial charge in [-0.15, -0.1) is 0 Å². The molecule has 2 N–H and O–H groups in total. The molecule has 1 aromatic carbocycles. The first-order valence-electron chi connectivity index (χ1n) is 10.6. The van der Waals surface area contributed by atoms with E-state index in [0.29, 0.717) is 23.8 Å². The molecule has 0 radical (unpaired) electrons. The highest BCUT2D eigenvalue weighted by Gasteiger charge is 2.60. The van der Waals surface area contributed by atoms with Crippen LogP contribution in [0.4, 0.5) is 0 Å². The summed E-state index contributed by atoms with van der Waals surface area (Å²) in [5.74, 6) is 1.40. The molecule has 2 aliphatic rings. The molecule has 2 saturated carbocycles. The highest BCUT2D eigenvalue weighted by atomic mass is 16.5. The standard InChI is InChI=1S/C24H38O4/c1-15-13-16(20(28-7)17(14-15)27-6)19(25)21-23(4)11-8-10-22(2,3)18(23)9-12-24(21,5)26/h13-14,18-19,21,25-26H,8-12H2,1-7H3/t18?,19?,21-,23+,24-/m1/s1. The molecule has 0 aromatic heterocycles. The first-order valence-corrected chi connectivity index (χ1v) is 10.6. The summed E-state index contributed by atoms with van der Waals surface area (Å²) in [7, 11) is 3.22. The number of benzene rings is 1. The molecule has 5 atom stereocenters. The average Bonchev–Trinajstić information content (AvgIpc) is 2.58. The van der Waals surface area contributed by atoms with Gasteiger partial charge in [-0.2, -0.15) is 0 Å². The van der Waals surface area contributed by atoms with Crippen LogP contribution in [0, 0.1) is 29.6 Å². The summed E-state index contributed by atoms with van der Waals surface area (Å²) in [5.41, 5.74) is 0.878. The molecule has 4 heteroatoms. The van der Waals surface area contributed by atoms with Crippen molar-refractivity contribution in [3.8, 4) is 11.5 Å². The van der Waals surface area contributed by atoms with Crippen LogP contribution in [0.5, 0.6) is 11.5 Å². The van der Waals surface area contributed by atoms with E-state index in [1.165, 1.54) is 6.42 Å². The molecule has 4 nitrogen and oxygen atoms in total. The van der Waals surface area contributed by atoms with Crippen molar-refractivity contribution in [2.24, 2.45) is 22.7 Å². The smallest absolute Gasteiger partial charge is 0.166 e.